The maximum Gasteiger partial charge on any atom is 0.254 e. The SMILES string of the molecule is CC(C)C1(O)CN(C(=O)c2ccccc2C(C)(C)C)C1. The highest BCUT2D eigenvalue weighted by molar-refractivity contribution is 5.96. The molecular formula is C17H25NO2. The summed E-state index contributed by atoms with van der Waals surface area (Å²) in [5, 5.41) is 10.3. The van der Waals surface area contributed by atoms with Gasteiger partial charge in [-0.25, -0.2) is 0 Å². The fraction of sp³-hybridized carbons (Fsp3) is 0.588. The first kappa shape index (κ1) is 15.0. The third-order valence-corrected chi connectivity index (χ3v) is 4.26. The van der Waals surface area contributed by atoms with E-state index in [9.17, 15) is 9.90 Å². The molecule has 1 saturated heterocycles. The molecule has 1 aliphatic heterocycles. The van der Waals surface area contributed by atoms with E-state index < -0.39 is 5.60 Å². The van der Waals surface area contributed by atoms with Crippen molar-refractivity contribution in [2.24, 2.45) is 5.92 Å². The van der Waals surface area contributed by atoms with E-state index in [0.29, 0.717) is 13.1 Å². The van der Waals surface area contributed by atoms with Gasteiger partial charge >= 0.3 is 0 Å². The Labute approximate surface area is 121 Å². The van der Waals surface area contributed by atoms with Crippen molar-refractivity contribution in [1.82, 2.24) is 4.90 Å². The number of amides is 1. The lowest BCUT2D eigenvalue weighted by atomic mass is 9.80. The second kappa shape index (κ2) is 4.88. The molecule has 0 unspecified atom stereocenters. The van der Waals surface area contributed by atoms with Gasteiger partial charge in [-0.2, -0.15) is 0 Å². The number of rotatable bonds is 2. The van der Waals surface area contributed by atoms with Crippen LogP contribution in [0.25, 0.3) is 0 Å². The lowest BCUT2D eigenvalue weighted by Crippen LogP contribution is -2.66. The van der Waals surface area contributed by atoms with E-state index >= 15 is 0 Å². The first-order valence-corrected chi connectivity index (χ1v) is 7.26. The summed E-state index contributed by atoms with van der Waals surface area (Å²) in [6.07, 6.45) is 0. The lowest BCUT2D eigenvalue weighted by Gasteiger charge is -2.49. The molecule has 110 valence electrons. The molecule has 3 heteroatoms. The van der Waals surface area contributed by atoms with E-state index in [4.69, 9.17) is 0 Å². The molecule has 0 spiro atoms. The molecule has 1 N–H and O–H groups in total. The van der Waals surface area contributed by atoms with Crippen molar-refractivity contribution in [2.45, 2.75) is 45.6 Å². The van der Waals surface area contributed by atoms with Crippen LogP contribution in [0.3, 0.4) is 0 Å². The van der Waals surface area contributed by atoms with Crippen molar-refractivity contribution in [3.8, 4) is 0 Å². The zero-order chi connectivity index (χ0) is 15.1. The van der Waals surface area contributed by atoms with E-state index in [-0.39, 0.29) is 17.2 Å². The molecule has 1 amide bonds. The van der Waals surface area contributed by atoms with Crippen LogP contribution in [0.15, 0.2) is 24.3 Å². The molecule has 0 radical (unpaired) electrons. The van der Waals surface area contributed by atoms with Gasteiger partial charge in [-0.3, -0.25) is 4.79 Å². The molecule has 0 bridgehead atoms. The molecule has 0 aliphatic carbocycles. The number of β-amino-alcohol motifs (C(OH)–C–C–N with tert-alkyl or cyclic N) is 1. The number of nitrogens with zero attached hydrogens (tertiary/aromatic N) is 1. The molecular weight excluding hydrogens is 250 g/mol. The van der Waals surface area contributed by atoms with E-state index in [1.165, 1.54) is 0 Å². The quantitative estimate of drug-likeness (QED) is 0.901. The molecule has 1 aromatic rings. The minimum atomic E-state index is -0.716. The van der Waals surface area contributed by atoms with Gasteiger partial charge in [0.2, 0.25) is 0 Å². The number of likely N-dealkylation sites (tertiary alicyclic amines) is 1. The molecule has 1 fully saturated rings. The van der Waals surface area contributed by atoms with Gasteiger partial charge in [-0.05, 0) is 23.0 Å². The number of hydrogen-bond donors (Lipinski definition) is 1. The van der Waals surface area contributed by atoms with E-state index in [1.54, 1.807) is 4.90 Å². The first-order valence-electron chi connectivity index (χ1n) is 7.26. The molecule has 0 saturated carbocycles. The topological polar surface area (TPSA) is 40.5 Å². The number of aliphatic hydroxyl groups is 1. The maximum absolute atomic E-state index is 12.6. The highest BCUT2D eigenvalue weighted by atomic mass is 16.3. The van der Waals surface area contributed by atoms with E-state index in [2.05, 4.69) is 20.8 Å². The van der Waals surface area contributed by atoms with Crippen molar-refractivity contribution < 1.29 is 9.90 Å². The molecule has 1 heterocycles. The first-order chi connectivity index (χ1) is 9.15. The van der Waals surface area contributed by atoms with Crippen LogP contribution in [-0.4, -0.2) is 34.6 Å². The Kier molecular flexibility index (Phi) is 3.67. The summed E-state index contributed by atoms with van der Waals surface area (Å²) in [6, 6.07) is 7.77. The van der Waals surface area contributed by atoms with Gasteiger partial charge in [0.25, 0.3) is 5.91 Å². The van der Waals surface area contributed by atoms with Crippen molar-refractivity contribution in [3.63, 3.8) is 0 Å². The zero-order valence-corrected chi connectivity index (χ0v) is 13.1. The molecule has 2 rings (SSSR count). The largest absolute Gasteiger partial charge is 0.386 e. The third-order valence-electron chi connectivity index (χ3n) is 4.26. The zero-order valence-electron chi connectivity index (χ0n) is 13.1. The molecule has 3 nitrogen and oxygen atoms in total. The molecule has 20 heavy (non-hydrogen) atoms. The number of carbonyl (C=O) groups is 1. The van der Waals surface area contributed by atoms with Crippen LogP contribution in [0.4, 0.5) is 0 Å². The summed E-state index contributed by atoms with van der Waals surface area (Å²) >= 11 is 0. The van der Waals surface area contributed by atoms with Crippen molar-refractivity contribution >= 4 is 5.91 Å². The molecule has 0 atom stereocenters. The van der Waals surface area contributed by atoms with Crippen LogP contribution < -0.4 is 0 Å². The van der Waals surface area contributed by atoms with Crippen molar-refractivity contribution in [1.29, 1.82) is 0 Å². The van der Waals surface area contributed by atoms with Gasteiger partial charge in [0, 0.05) is 5.56 Å². The molecule has 0 aromatic heterocycles. The Morgan fingerprint density at radius 3 is 2.30 bits per heavy atom. The molecule has 1 aliphatic rings. The highest BCUT2D eigenvalue weighted by Gasteiger charge is 2.46. The van der Waals surface area contributed by atoms with Gasteiger partial charge in [-0.1, -0.05) is 52.8 Å². The smallest absolute Gasteiger partial charge is 0.254 e. The normalized spacial score (nSPS) is 18.1. The Bertz CT molecular complexity index is 508. The van der Waals surface area contributed by atoms with Gasteiger partial charge < -0.3 is 10.0 Å². The summed E-state index contributed by atoms with van der Waals surface area (Å²) < 4.78 is 0. The summed E-state index contributed by atoms with van der Waals surface area (Å²) in [7, 11) is 0. The second-order valence-corrected chi connectivity index (χ2v) is 7.22. The third kappa shape index (κ3) is 2.59. The van der Waals surface area contributed by atoms with E-state index in [0.717, 1.165) is 11.1 Å². The number of benzene rings is 1. The van der Waals surface area contributed by atoms with Crippen LogP contribution in [0.1, 0.15) is 50.5 Å². The predicted molar refractivity (Wildman–Crippen MR) is 80.8 cm³/mol. The van der Waals surface area contributed by atoms with Crippen molar-refractivity contribution in [3.05, 3.63) is 35.4 Å². The minimum absolute atomic E-state index is 0.0286. The van der Waals surface area contributed by atoms with Crippen LogP contribution in [0.2, 0.25) is 0 Å². The van der Waals surface area contributed by atoms with Crippen molar-refractivity contribution in [2.75, 3.05) is 13.1 Å². The minimum Gasteiger partial charge on any atom is -0.386 e. The Hall–Kier alpha value is -1.35. The number of carbonyl (C=O) groups excluding carboxylic acids is 1. The summed E-state index contributed by atoms with van der Waals surface area (Å²) in [4.78, 5) is 14.4. The standard InChI is InChI=1S/C17H25NO2/c1-12(2)17(20)10-18(11-17)15(19)13-8-6-7-9-14(13)16(3,4)5/h6-9,12,20H,10-11H2,1-5H3. The van der Waals surface area contributed by atoms with Gasteiger partial charge in [0.05, 0.1) is 13.1 Å². The monoisotopic (exact) mass is 275 g/mol. The Morgan fingerprint density at radius 1 is 1.25 bits per heavy atom. The average Bonchev–Trinajstić information content (AvgIpc) is 2.32. The maximum atomic E-state index is 12.6. The van der Waals surface area contributed by atoms with Crippen LogP contribution in [-0.2, 0) is 5.41 Å². The average molecular weight is 275 g/mol. The summed E-state index contributed by atoms with van der Waals surface area (Å²) in [5.74, 6) is 0.199. The summed E-state index contributed by atoms with van der Waals surface area (Å²) in [6.45, 7) is 11.2. The number of hydrogen-bond acceptors (Lipinski definition) is 2. The fourth-order valence-corrected chi connectivity index (χ4v) is 2.62. The highest BCUT2D eigenvalue weighted by Crippen LogP contribution is 2.32. The summed E-state index contributed by atoms with van der Waals surface area (Å²) in [5.41, 5.74) is 1.04. The Morgan fingerprint density at radius 2 is 1.80 bits per heavy atom. The molecule has 1 aromatic carbocycles. The van der Waals surface area contributed by atoms with Gasteiger partial charge in [0.15, 0.2) is 0 Å². The second-order valence-electron chi connectivity index (χ2n) is 7.22. The fourth-order valence-electron chi connectivity index (χ4n) is 2.62. The van der Waals surface area contributed by atoms with E-state index in [1.807, 2.05) is 38.1 Å². The lowest BCUT2D eigenvalue weighted by molar-refractivity contribution is -0.110. The van der Waals surface area contributed by atoms with Crippen LogP contribution >= 0.6 is 0 Å². The van der Waals surface area contributed by atoms with Crippen LogP contribution in [0, 0.1) is 5.92 Å². The van der Waals surface area contributed by atoms with Crippen LogP contribution in [0.5, 0.6) is 0 Å². The van der Waals surface area contributed by atoms with Gasteiger partial charge in [0.1, 0.15) is 5.60 Å². The predicted octanol–water partition coefficient (Wildman–Crippen LogP) is 2.83. The van der Waals surface area contributed by atoms with Gasteiger partial charge in [-0.15, -0.1) is 0 Å². The Balaban J connectivity index is 2.21.